The van der Waals surface area contributed by atoms with Gasteiger partial charge in [0.05, 0.1) is 29.6 Å². The van der Waals surface area contributed by atoms with Crippen LogP contribution >= 0.6 is 0 Å². The summed E-state index contributed by atoms with van der Waals surface area (Å²) in [4.78, 5) is 34.9. The third kappa shape index (κ3) is 3.49. The first-order valence-corrected chi connectivity index (χ1v) is 8.89. The molecule has 0 unspecified atom stereocenters. The highest BCUT2D eigenvalue weighted by Crippen LogP contribution is 2.32. The first-order chi connectivity index (χ1) is 14.3. The van der Waals surface area contributed by atoms with Crippen LogP contribution in [0.2, 0.25) is 0 Å². The van der Waals surface area contributed by atoms with E-state index in [1.807, 2.05) is 0 Å². The van der Waals surface area contributed by atoms with E-state index in [0.29, 0.717) is 5.69 Å². The lowest BCUT2D eigenvalue weighted by molar-refractivity contribution is -0.137. The molecule has 0 saturated heterocycles. The molecule has 1 N–H and O–H groups in total. The Kier molecular flexibility index (Phi) is 4.72. The number of hydrogen-bond acceptors (Lipinski definition) is 5. The van der Waals surface area contributed by atoms with Crippen molar-refractivity contribution in [2.45, 2.75) is 19.1 Å². The number of carbonyl (C=O) groups excluding carboxylic acids is 2. The zero-order chi connectivity index (χ0) is 21.5. The monoisotopic (exact) mass is 416 g/mol. The molecule has 0 fully saturated rings. The molecule has 2 aromatic heterocycles. The number of alkyl halides is 3. The molecule has 154 valence electrons. The Hall–Kier alpha value is -3.76. The van der Waals surface area contributed by atoms with Gasteiger partial charge in [0, 0.05) is 24.6 Å². The Labute approximate surface area is 168 Å². The van der Waals surface area contributed by atoms with Crippen molar-refractivity contribution in [1.82, 2.24) is 19.7 Å². The molecule has 1 aliphatic rings. The van der Waals surface area contributed by atoms with Crippen molar-refractivity contribution in [2.75, 3.05) is 16.8 Å². The summed E-state index contributed by atoms with van der Waals surface area (Å²) in [5.74, 6) is -0.917. The van der Waals surface area contributed by atoms with Crippen molar-refractivity contribution in [3.8, 4) is 0 Å². The van der Waals surface area contributed by atoms with Gasteiger partial charge < -0.3 is 10.2 Å². The van der Waals surface area contributed by atoms with E-state index < -0.39 is 23.6 Å². The molecule has 2 amide bonds. The maximum atomic E-state index is 13.1. The van der Waals surface area contributed by atoms with Crippen LogP contribution in [0.4, 0.5) is 24.7 Å². The number of fused-ring (bicyclic) bond motifs is 1. The molecule has 0 aliphatic carbocycles. The summed E-state index contributed by atoms with van der Waals surface area (Å²) in [5, 5.41) is 6.70. The Morgan fingerprint density at radius 2 is 1.90 bits per heavy atom. The van der Waals surface area contributed by atoms with Crippen LogP contribution in [-0.4, -0.2) is 38.1 Å². The van der Waals surface area contributed by atoms with E-state index in [1.54, 1.807) is 6.92 Å². The summed E-state index contributed by atoms with van der Waals surface area (Å²) in [6, 6.07) is 4.01. The van der Waals surface area contributed by atoms with Crippen LogP contribution in [0.15, 0.2) is 49.1 Å². The average molecular weight is 416 g/mol. The van der Waals surface area contributed by atoms with E-state index in [-0.39, 0.29) is 29.7 Å². The number of halogens is 3. The van der Waals surface area contributed by atoms with Crippen LogP contribution in [0.3, 0.4) is 0 Å². The summed E-state index contributed by atoms with van der Waals surface area (Å²) in [5.41, 5.74) is -0.422. The molecule has 1 aromatic carbocycles. The lowest BCUT2D eigenvalue weighted by Crippen LogP contribution is -2.43. The standard InChI is InChI=1S/C19H15F3N6O2/c1-11-10-27(13-4-2-12(3-5-13)19(20,21)22)18(30)16-14(8-25-28(11)16)17(29)26-15-9-23-6-7-24-15/h2-9,11H,10H2,1H3,(H,24,26,29)/t11-/m0/s1. The van der Waals surface area contributed by atoms with Gasteiger partial charge in [-0.2, -0.15) is 18.3 Å². The van der Waals surface area contributed by atoms with Gasteiger partial charge in [-0.25, -0.2) is 4.98 Å². The lowest BCUT2D eigenvalue weighted by Gasteiger charge is -2.32. The number of nitrogens with zero attached hydrogens (tertiary/aromatic N) is 5. The van der Waals surface area contributed by atoms with Gasteiger partial charge in [-0.05, 0) is 31.2 Å². The topological polar surface area (TPSA) is 93.0 Å². The molecule has 30 heavy (non-hydrogen) atoms. The molecule has 11 heteroatoms. The predicted molar refractivity (Wildman–Crippen MR) is 100 cm³/mol. The van der Waals surface area contributed by atoms with Gasteiger partial charge in [-0.3, -0.25) is 19.3 Å². The minimum atomic E-state index is -4.47. The van der Waals surface area contributed by atoms with E-state index in [4.69, 9.17) is 0 Å². The molecular formula is C19H15F3N6O2. The van der Waals surface area contributed by atoms with Gasteiger partial charge >= 0.3 is 6.18 Å². The van der Waals surface area contributed by atoms with Crippen LogP contribution in [0.25, 0.3) is 0 Å². The Bertz CT molecular complexity index is 1100. The molecular weight excluding hydrogens is 401 g/mol. The fourth-order valence-electron chi connectivity index (χ4n) is 3.23. The number of nitrogens with one attached hydrogen (secondary N) is 1. The molecule has 0 spiro atoms. The summed E-state index contributed by atoms with van der Waals surface area (Å²) < 4.78 is 39.9. The zero-order valence-electron chi connectivity index (χ0n) is 15.6. The number of carbonyl (C=O) groups is 2. The molecule has 0 bridgehead atoms. The molecule has 3 heterocycles. The van der Waals surface area contributed by atoms with E-state index in [9.17, 15) is 22.8 Å². The smallest absolute Gasteiger partial charge is 0.305 e. The van der Waals surface area contributed by atoms with Gasteiger partial charge in [0.25, 0.3) is 11.8 Å². The van der Waals surface area contributed by atoms with Gasteiger partial charge in [0.15, 0.2) is 5.82 Å². The predicted octanol–water partition coefficient (Wildman–Crippen LogP) is 3.17. The number of amides is 2. The molecule has 3 aromatic rings. The average Bonchev–Trinajstić information content (AvgIpc) is 3.17. The highest BCUT2D eigenvalue weighted by atomic mass is 19.4. The Morgan fingerprint density at radius 1 is 1.17 bits per heavy atom. The lowest BCUT2D eigenvalue weighted by atomic mass is 10.1. The van der Waals surface area contributed by atoms with Gasteiger partial charge in [-0.1, -0.05) is 0 Å². The minimum Gasteiger partial charge on any atom is -0.305 e. The molecule has 8 nitrogen and oxygen atoms in total. The summed E-state index contributed by atoms with van der Waals surface area (Å²) in [6.07, 6.45) is 1.02. The van der Waals surface area contributed by atoms with Crippen LogP contribution < -0.4 is 10.2 Å². The number of rotatable bonds is 3. The second kappa shape index (κ2) is 7.25. The van der Waals surface area contributed by atoms with Crippen LogP contribution in [-0.2, 0) is 6.18 Å². The molecule has 0 radical (unpaired) electrons. The van der Waals surface area contributed by atoms with Crippen molar-refractivity contribution >= 4 is 23.3 Å². The Balaban J connectivity index is 1.65. The van der Waals surface area contributed by atoms with E-state index in [0.717, 1.165) is 12.1 Å². The molecule has 1 aliphatic heterocycles. The van der Waals surface area contributed by atoms with E-state index in [2.05, 4.69) is 20.4 Å². The van der Waals surface area contributed by atoms with Gasteiger partial charge in [0.2, 0.25) is 0 Å². The molecule has 4 rings (SSSR count). The normalized spacial score (nSPS) is 16.3. The fraction of sp³-hybridized carbons (Fsp3) is 0.211. The summed E-state index contributed by atoms with van der Waals surface area (Å²) in [6.45, 7) is 1.99. The maximum Gasteiger partial charge on any atom is 0.416 e. The van der Waals surface area contributed by atoms with Crippen LogP contribution in [0.5, 0.6) is 0 Å². The van der Waals surface area contributed by atoms with Crippen molar-refractivity contribution in [3.05, 3.63) is 65.9 Å². The third-order valence-electron chi connectivity index (χ3n) is 4.66. The highest BCUT2D eigenvalue weighted by Gasteiger charge is 2.36. The van der Waals surface area contributed by atoms with Crippen LogP contribution in [0, 0.1) is 0 Å². The highest BCUT2D eigenvalue weighted by molar-refractivity contribution is 6.15. The fourth-order valence-corrected chi connectivity index (χ4v) is 3.23. The van der Waals surface area contributed by atoms with Crippen LogP contribution in [0.1, 0.15) is 39.4 Å². The summed E-state index contributed by atoms with van der Waals surface area (Å²) in [7, 11) is 0. The van der Waals surface area contributed by atoms with Crippen molar-refractivity contribution in [2.24, 2.45) is 0 Å². The summed E-state index contributed by atoms with van der Waals surface area (Å²) >= 11 is 0. The second-order valence-corrected chi connectivity index (χ2v) is 6.71. The number of aromatic nitrogens is 4. The van der Waals surface area contributed by atoms with E-state index in [1.165, 1.54) is 46.5 Å². The van der Waals surface area contributed by atoms with Crippen molar-refractivity contribution in [3.63, 3.8) is 0 Å². The van der Waals surface area contributed by atoms with Crippen molar-refractivity contribution < 1.29 is 22.8 Å². The Morgan fingerprint density at radius 3 is 2.53 bits per heavy atom. The maximum absolute atomic E-state index is 13.1. The van der Waals surface area contributed by atoms with Gasteiger partial charge in [-0.15, -0.1) is 0 Å². The molecule has 1 atom stereocenters. The minimum absolute atomic E-state index is 0.0362. The SMILES string of the molecule is C[C@H]1CN(c2ccc(C(F)(F)F)cc2)C(=O)c2c(C(=O)Nc3cnccn3)cnn21. The molecule has 0 saturated carbocycles. The largest absolute Gasteiger partial charge is 0.416 e. The van der Waals surface area contributed by atoms with Gasteiger partial charge in [0.1, 0.15) is 5.69 Å². The quantitative estimate of drug-likeness (QED) is 0.708. The number of hydrogen-bond donors (Lipinski definition) is 1. The number of anilines is 2. The zero-order valence-corrected chi connectivity index (χ0v) is 15.6. The van der Waals surface area contributed by atoms with Crippen molar-refractivity contribution in [1.29, 1.82) is 0 Å². The second-order valence-electron chi connectivity index (χ2n) is 6.71. The first kappa shape index (κ1) is 19.6. The number of benzene rings is 1. The first-order valence-electron chi connectivity index (χ1n) is 8.89. The van der Waals surface area contributed by atoms with E-state index >= 15 is 0 Å². The third-order valence-corrected chi connectivity index (χ3v) is 4.66.